The molecule has 0 amide bonds. The van der Waals surface area contributed by atoms with Crippen molar-refractivity contribution in [1.29, 1.82) is 0 Å². The van der Waals surface area contributed by atoms with Crippen LogP contribution < -0.4 is 19.3 Å². The minimum Gasteiger partial charge on any atom is -0.493 e. The van der Waals surface area contributed by atoms with Crippen LogP contribution in [-0.4, -0.2) is 42.1 Å². The molecule has 2 aromatic rings. The van der Waals surface area contributed by atoms with Gasteiger partial charge in [-0.15, -0.1) is 0 Å². The van der Waals surface area contributed by atoms with Gasteiger partial charge in [0, 0.05) is 11.8 Å². The van der Waals surface area contributed by atoms with Crippen molar-refractivity contribution in [2.75, 3.05) is 18.9 Å². The molecule has 0 bridgehead atoms. The molecule has 0 saturated carbocycles. The van der Waals surface area contributed by atoms with Gasteiger partial charge in [0.1, 0.15) is 4.90 Å². The molecule has 2 rings (SSSR count). The number of hydrogen-bond acceptors (Lipinski definition) is 7. The molecule has 0 aliphatic heterocycles. The van der Waals surface area contributed by atoms with Gasteiger partial charge in [-0.25, -0.2) is 26.8 Å². The molecule has 0 aliphatic carbocycles. The zero-order chi connectivity index (χ0) is 21.8. The molecule has 156 valence electrons. The minimum absolute atomic E-state index is 0.0740. The van der Waals surface area contributed by atoms with Crippen molar-refractivity contribution in [3.63, 3.8) is 0 Å². The summed E-state index contributed by atoms with van der Waals surface area (Å²) in [5, 5.41) is 13.8. The van der Waals surface area contributed by atoms with E-state index in [1.54, 1.807) is 0 Å². The van der Waals surface area contributed by atoms with Crippen molar-refractivity contribution in [1.82, 2.24) is 0 Å². The molecule has 0 aliphatic rings. The first kappa shape index (κ1) is 22.2. The summed E-state index contributed by atoms with van der Waals surface area (Å²) in [6.07, 6.45) is 2.04. The summed E-state index contributed by atoms with van der Waals surface area (Å²) in [6, 6.07) is 7.39. The number of nitrogens with two attached hydrogens (primary N) is 1. The van der Waals surface area contributed by atoms with Gasteiger partial charge in [-0.1, -0.05) is 0 Å². The highest BCUT2D eigenvalue weighted by Gasteiger charge is 2.24. The van der Waals surface area contributed by atoms with Crippen LogP contribution in [0.15, 0.2) is 52.3 Å². The van der Waals surface area contributed by atoms with Crippen LogP contribution in [0.1, 0.15) is 5.56 Å². The molecular weight excluding hydrogens is 424 g/mol. The van der Waals surface area contributed by atoms with Crippen LogP contribution in [0.25, 0.3) is 6.08 Å². The maximum atomic E-state index is 12.9. The molecule has 10 nitrogen and oxygen atoms in total. The third-order valence-corrected chi connectivity index (χ3v) is 5.93. The Morgan fingerprint density at radius 3 is 2.17 bits per heavy atom. The number of aliphatic carboxylic acids is 1. The highest BCUT2D eigenvalue weighted by atomic mass is 32.2. The molecule has 0 fully saturated rings. The van der Waals surface area contributed by atoms with E-state index in [0.717, 1.165) is 18.2 Å². The van der Waals surface area contributed by atoms with Crippen molar-refractivity contribution < 1.29 is 36.2 Å². The van der Waals surface area contributed by atoms with Gasteiger partial charge in [-0.2, -0.15) is 0 Å². The lowest BCUT2D eigenvalue weighted by molar-refractivity contribution is -0.131. The van der Waals surface area contributed by atoms with E-state index in [-0.39, 0.29) is 32.5 Å². The number of benzene rings is 2. The standard InChI is InChI=1S/C17H18N2O8S2/c1-26-14-9-11(3-8-16(20)21)10-15(17(14)27-2)29(24,25)19-12-4-6-13(7-5-12)28(18,22)23/h3-10,19H,1-2H3,(H,20,21)(H2,18,22,23)/b8-3+. The van der Waals surface area contributed by atoms with Gasteiger partial charge in [0.05, 0.1) is 19.1 Å². The van der Waals surface area contributed by atoms with E-state index < -0.39 is 26.0 Å². The second-order valence-corrected chi connectivity index (χ2v) is 8.81. The Morgan fingerprint density at radius 2 is 1.69 bits per heavy atom. The second kappa shape index (κ2) is 8.51. The topological polar surface area (TPSA) is 162 Å². The average Bonchev–Trinajstić information content (AvgIpc) is 2.64. The third-order valence-electron chi connectivity index (χ3n) is 3.61. The van der Waals surface area contributed by atoms with Crippen molar-refractivity contribution in [3.8, 4) is 11.5 Å². The van der Waals surface area contributed by atoms with Gasteiger partial charge in [0.15, 0.2) is 11.5 Å². The number of carbonyl (C=O) groups is 1. The number of rotatable bonds is 8. The molecule has 0 saturated heterocycles. The molecule has 0 unspecified atom stereocenters. The Bertz CT molecular complexity index is 1150. The molecule has 0 spiro atoms. The number of nitrogens with one attached hydrogen (secondary N) is 1. The number of ether oxygens (including phenoxy) is 2. The highest BCUT2D eigenvalue weighted by Crippen LogP contribution is 2.37. The van der Waals surface area contributed by atoms with E-state index in [2.05, 4.69) is 4.72 Å². The lowest BCUT2D eigenvalue weighted by atomic mass is 10.2. The Labute approximate surface area is 167 Å². The van der Waals surface area contributed by atoms with Crippen LogP contribution in [0.3, 0.4) is 0 Å². The van der Waals surface area contributed by atoms with Crippen LogP contribution in [-0.2, 0) is 24.8 Å². The van der Waals surface area contributed by atoms with Crippen molar-refractivity contribution in [2.24, 2.45) is 5.14 Å². The Kier molecular flexibility index (Phi) is 6.51. The van der Waals surface area contributed by atoms with E-state index >= 15 is 0 Å². The molecular formula is C17H18N2O8S2. The summed E-state index contributed by atoms with van der Waals surface area (Å²) in [5.74, 6) is -1.23. The average molecular weight is 442 g/mol. The number of anilines is 1. The normalized spacial score (nSPS) is 12.0. The van der Waals surface area contributed by atoms with Crippen molar-refractivity contribution >= 4 is 37.8 Å². The molecule has 29 heavy (non-hydrogen) atoms. The van der Waals surface area contributed by atoms with E-state index in [1.165, 1.54) is 44.6 Å². The van der Waals surface area contributed by atoms with Gasteiger partial charge in [-0.3, -0.25) is 4.72 Å². The van der Waals surface area contributed by atoms with Crippen molar-refractivity contribution in [2.45, 2.75) is 9.79 Å². The van der Waals surface area contributed by atoms with E-state index in [1.807, 2.05) is 0 Å². The van der Waals surface area contributed by atoms with Gasteiger partial charge in [0.2, 0.25) is 10.0 Å². The maximum Gasteiger partial charge on any atom is 0.328 e. The quantitative estimate of drug-likeness (QED) is 0.514. The van der Waals surface area contributed by atoms with Crippen LogP contribution in [0.4, 0.5) is 5.69 Å². The smallest absolute Gasteiger partial charge is 0.328 e. The minimum atomic E-state index is -4.22. The first-order valence-corrected chi connectivity index (χ1v) is 10.8. The first-order chi connectivity index (χ1) is 13.5. The van der Waals surface area contributed by atoms with Crippen LogP contribution in [0.5, 0.6) is 11.5 Å². The molecule has 12 heteroatoms. The second-order valence-electron chi connectivity index (χ2n) is 5.60. The zero-order valence-electron chi connectivity index (χ0n) is 15.3. The number of sulfonamides is 2. The maximum absolute atomic E-state index is 12.9. The molecule has 0 heterocycles. The Balaban J connectivity index is 2.52. The fourth-order valence-electron chi connectivity index (χ4n) is 2.34. The van der Waals surface area contributed by atoms with Gasteiger partial charge in [0.25, 0.3) is 10.0 Å². The van der Waals surface area contributed by atoms with Gasteiger partial charge in [-0.05, 0) is 48.0 Å². The number of carboxylic acid groups (broad SMARTS) is 1. The number of primary sulfonamides is 1. The van der Waals surface area contributed by atoms with E-state index in [9.17, 15) is 21.6 Å². The van der Waals surface area contributed by atoms with E-state index in [4.69, 9.17) is 19.7 Å². The van der Waals surface area contributed by atoms with E-state index in [0.29, 0.717) is 0 Å². The fraction of sp³-hybridized carbons (Fsp3) is 0.118. The monoisotopic (exact) mass is 442 g/mol. The SMILES string of the molecule is COc1cc(/C=C/C(=O)O)cc(S(=O)(=O)Nc2ccc(S(N)(=O)=O)cc2)c1OC. The summed E-state index contributed by atoms with van der Waals surface area (Å²) < 4.78 is 61.0. The summed E-state index contributed by atoms with van der Waals surface area (Å²) in [6.45, 7) is 0. The predicted octanol–water partition coefficient (Wildman–Crippen LogP) is 1.25. The molecule has 0 atom stereocenters. The van der Waals surface area contributed by atoms with Gasteiger partial charge >= 0.3 is 5.97 Å². The number of methoxy groups -OCH3 is 2. The lowest BCUT2D eigenvalue weighted by Gasteiger charge is -2.15. The summed E-state index contributed by atoms with van der Waals surface area (Å²) in [5.41, 5.74) is 0.319. The molecule has 4 N–H and O–H groups in total. The lowest BCUT2D eigenvalue weighted by Crippen LogP contribution is -2.15. The summed E-state index contributed by atoms with van der Waals surface area (Å²) in [7, 11) is -5.58. The van der Waals surface area contributed by atoms with Gasteiger partial charge < -0.3 is 14.6 Å². The van der Waals surface area contributed by atoms with Crippen LogP contribution in [0.2, 0.25) is 0 Å². The fourth-order valence-corrected chi connectivity index (χ4v) is 4.13. The molecule has 0 aromatic heterocycles. The number of hydrogen-bond donors (Lipinski definition) is 3. The third kappa shape index (κ3) is 5.47. The Hall–Kier alpha value is -3.09. The first-order valence-electron chi connectivity index (χ1n) is 7.80. The zero-order valence-corrected chi connectivity index (χ0v) is 17.0. The molecule has 2 aromatic carbocycles. The van der Waals surface area contributed by atoms with Crippen LogP contribution >= 0.6 is 0 Å². The molecule has 0 radical (unpaired) electrons. The van der Waals surface area contributed by atoms with Crippen LogP contribution in [0, 0.1) is 0 Å². The summed E-state index contributed by atoms with van der Waals surface area (Å²) >= 11 is 0. The largest absolute Gasteiger partial charge is 0.493 e. The predicted molar refractivity (Wildman–Crippen MR) is 105 cm³/mol. The Morgan fingerprint density at radius 1 is 1.07 bits per heavy atom. The number of carboxylic acids is 1. The summed E-state index contributed by atoms with van der Waals surface area (Å²) in [4.78, 5) is 10.3. The van der Waals surface area contributed by atoms with Crippen molar-refractivity contribution in [3.05, 3.63) is 48.0 Å². The highest BCUT2D eigenvalue weighted by molar-refractivity contribution is 7.92.